The van der Waals surface area contributed by atoms with Crippen molar-refractivity contribution >= 4 is 17.2 Å². The van der Waals surface area contributed by atoms with Gasteiger partial charge < -0.3 is 10.1 Å². The van der Waals surface area contributed by atoms with Crippen molar-refractivity contribution in [2.45, 2.75) is 38.0 Å². The van der Waals surface area contributed by atoms with Crippen molar-refractivity contribution in [3.63, 3.8) is 0 Å². The molecule has 8 heteroatoms. The number of nitrogens with zero attached hydrogens (tertiary/aromatic N) is 1. The van der Waals surface area contributed by atoms with Crippen molar-refractivity contribution in [2.75, 3.05) is 13.1 Å². The SMILES string of the molecule is CC1C(NC(=O)c2ccc(Oc3ccccc3C(F)(F)F)s2)C2CCN1CC2. The highest BCUT2D eigenvalue weighted by molar-refractivity contribution is 7.15. The van der Waals surface area contributed by atoms with Gasteiger partial charge in [-0.05, 0) is 63.0 Å². The predicted molar refractivity (Wildman–Crippen MR) is 101 cm³/mol. The third-order valence-electron chi connectivity index (χ3n) is 5.68. The summed E-state index contributed by atoms with van der Waals surface area (Å²) in [5.41, 5.74) is -0.837. The Bertz CT molecular complexity index is 857. The molecule has 2 aromatic rings. The average molecular weight is 410 g/mol. The van der Waals surface area contributed by atoms with Gasteiger partial charge in [0.15, 0.2) is 5.06 Å². The number of benzene rings is 1. The number of fused-ring (bicyclic) bond motifs is 3. The Labute approximate surface area is 165 Å². The number of para-hydroxylation sites is 1. The van der Waals surface area contributed by atoms with Crippen LogP contribution in [0.3, 0.4) is 0 Å². The second kappa shape index (κ2) is 7.40. The van der Waals surface area contributed by atoms with Crippen molar-refractivity contribution in [1.29, 1.82) is 0 Å². The maximum Gasteiger partial charge on any atom is 0.419 e. The van der Waals surface area contributed by atoms with E-state index in [4.69, 9.17) is 4.74 Å². The van der Waals surface area contributed by atoms with E-state index in [0.717, 1.165) is 43.3 Å². The van der Waals surface area contributed by atoms with Gasteiger partial charge in [-0.1, -0.05) is 23.5 Å². The molecule has 4 heterocycles. The normalized spacial score (nSPS) is 26.9. The van der Waals surface area contributed by atoms with Gasteiger partial charge in [0.2, 0.25) is 0 Å². The van der Waals surface area contributed by atoms with Crippen LogP contribution in [0.4, 0.5) is 13.2 Å². The smallest absolute Gasteiger partial charge is 0.419 e. The highest BCUT2D eigenvalue weighted by atomic mass is 32.1. The van der Waals surface area contributed by atoms with Crippen LogP contribution in [0.1, 0.15) is 35.0 Å². The van der Waals surface area contributed by atoms with E-state index in [9.17, 15) is 18.0 Å². The molecule has 3 aliphatic rings. The first-order valence-corrected chi connectivity index (χ1v) is 10.1. The van der Waals surface area contributed by atoms with Crippen LogP contribution in [0, 0.1) is 5.92 Å². The van der Waals surface area contributed by atoms with Gasteiger partial charge in [0.1, 0.15) is 5.75 Å². The van der Waals surface area contributed by atoms with Crippen molar-refractivity contribution < 1.29 is 22.7 Å². The molecular weight excluding hydrogens is 389 g/mol. The number of carbonyl (C=O) groups excluding carboxylic acids is 1. The third-order valence-corrected chi connectivity index (χ3v) is 6.65. The van der Waals surface area contributed by atoms with Gasteiger partial charge in [-0.25, -0.2) is 0 Å². The number of piperidine rings is 3. The number of carbonyl (C=O) groups is 1. The second-order valence-electron chi connectivity index (χ2n) is 7.33. The minimum Gasteiger partial charge on any atom is -0.446 e. The first-order chi connectivity index (χ1) is 13.3. The predicted octanol–water partition coefficient (Wildman–Crippen LogP) is 4.77. The summed E-state index contributed by atoms with van der Waals surface area (Å²) in [6.07, 6.45) is -2.33. The molecule has 0 radical (unpaired) electrons. The topological polar surface area (TPSA) is 41.6 Å². The molecule has 1 aromatic heterocycles. The number of rotatable bonds is 4. The Morgan fingerprint density at radius 3 is 2.57 bits per heavy atom. The molecule has 0 aliphatic carbocycles. The summed E-state index contributed by atoms with van der Waals surface area (Å²) in [6.45, 7) is 4.29. The molecule has 3 saturated heterocycles. The summed E-state index contributed by atoms with van der Waals surface area (Å²) >= 11 is 1.05. The molecule has 3 fully saturated rings. The Balaban J connectivity index is 1.46. The largest absolute Gasteiger partial charge is 0.446 e. The second-order valence-corrected chi connectivity index (χ2v) is 8.37. The number of hydrogen-bond acceptors (Lipinski definition) is 4. The minimum absolute atomic E-state index is 0.104. The standard InChI is InChI=1S/C20H21F3N2O2S/c1-12-18(13-8-10-25(12)11-9-13)24-19(26)16-6-7-17(28-16)27-15-5-3-2-4-14(15)20(21,22)23/h2-7,12-13,18H,8-11H2,1H3,(H,24,26). The quantitative estimate of drug-likeness (QED) is 0.789. The zero-order chi connectivity index (χ0) is 19.9. The van der Waals surface area contributed by atoms with Crippen LogP contribution >= 0.6 is 11.3 Å². The fourth-order valence-electron chi connectivity index (χ4n) is 4.16. The molecule has 2 unspecified atom stereocenters. The lowest BCUT2D eigenvalue weighted by atomic mass is 9.79. The molecule has 2 atom stereocenters. The summed E-state index contributed by atoms with van der Waals surface area (Å²) in [7, 11) is 0. The van der Waals surface area contributed by atoms with Crippen LogP contribution < -0.4 is 10.1 Å². The molecular formula is C20H21F3N2O2S. The minimum atomic E-state index is -4.50. The number of hydrogen-bond donors (Lipinski definition) is 1. The Hall–Kier alpha value is -2.06. The summed E-state index contributed by atoms with van der Waals surface area (Å²) in [5.74, 6) is 0.0164. The fourth-order valence-corrected chi connectivity index (χ4v) is 4.93. The third kappa shape index (κ3) is 3.75. The van der Waals surface area contributed by atoms with Gasteiger partial charge in [0.25, 0.3) is 5.91 Å². The van der Waals surface area contributed by atoms with Crippen LogP contribution in [0.5, 0.6) is 10.8 Å². The van der Waals surface area contributed by atoms with Crippen molar-refractivity contribution in [1.82, 2.24) is 10.2 Å². The van der Waals surface area contributed by atoms with Crippen LogP contribution in [0.25, 0.3) is 0 Å². The number of halogens is 3. The van der Waals surface area contributed by atoms with E-state index >= 15 is 0 Å². The van der Waals surface area contributed by atoms with Gasteiger partial charge in [0, 0.05) is 12.1 Å². The van der Waals surface area contributed by atoms with Gasteiger partial charge in [-0.15, -0.1) is 0 Å². The Morgan fingerprint density at radius 2 is 1.89 bits per heavy atom. The van der Waals surface area contributed by atoms with Gasteiger partial charge in [-0.2, -0.15) is 13.2 Å². The molecule has 1 N–H and O–H groups in total. The average Bonchev–Trinajstić information content (AvgIpc) is 3.13. The van der Waals surface area contributed by atoms with E-state index in [1.165, 1.54) is 24.3 Å². The summed E-state index contributed by atoms with van der Waals surface area (Å²) in [5, 5.41) is 3.38. The zero-order valence-corrected chi connectivity index (χ0v) is 16.1. The summed E-state index contributed by atoms with van der Waals surface area (Å²) in [4.78, 5) is 15.5. The molecule has 28 heavy (non-hydrogen) atoms. The molecule has 1 amide bonds. The maximum absolute atomic E-state index is 13.1. The first kappa shape index (κ1) is 19.3. The number of ether oxygens (including phenoxy) is 1. The Morgan fingerprint density at radius 1 is 1.18 bits per heavy atom. The van der Waals surface area contributed by atoms with E-state index in [0.29, 0.717) is 16.8 Å². The van der Waals surface area contributed by atoms with Crippen molar-refractivity contribution in [3.05, 3.63) is 46.8 Å². The van der Waals surface area contributed by atoms with Crippen molar-refractivity contribution in [3.8, 4) is 10.8 Å². The van der Waals surface area contributed by atoms with E-state index in [1.807, 2.05) is 0 Å². The lowest BCUT2D eigenvalue weighted by Crippen LogP contribution is -2.62. The van der Waals surface area contributed by atoms with E-state index in [2.05, 4.69) is 17.1 Å². The van der Waals surface area contributed by atoms with E-state index < -0.39 is 11.7 Å². The molecule has 3 aliphatic heterocycles. The number of nitrogens with one attached hydrogen (secondary N) is 1. The van der Waals surface area contributed by atoms with Crippen LogP contribution in [0.2, 0.25) is 0 Å². The van der Waals surface area contributed by atoms with Gasteiger partial charge >= 0.3 is 6.18 Å². The molecule has 150 valence electrons. The molecule has 2 bridgehead atoms. The fraction of sp³-hybridized carbons (Fsp3) is 0.450. The molecule has 4 nitrogen and oxygen atoms in total. The molecule has 0 saturated carbocycles. The van der Waals surface area contributed by atoms with Crippen LogP contribution in [0.15, 0.2) is 36.4 Å². The zero-order valence-electron chi connectivity index (χ0n) is 15.3. The summed E-state index contributed by atoms with van der Waals surface area (Å²) < 4.78 is 44.8. The van der Waals surface area contributed by atoms with Gasteiger partial charge in [0.05, 0.1) is 10.4 Å². The molecule has 0 spiro atoms. The number of amides is 1. The van der Waals surface area contributed by atoms with Crippen LogP contribution in [-0.2, 0) is 6.18 Å². The van der Waals surface area contributed by atoms with Crippen LogP contribution in [-0.4, -0.2) is 36.0 Å². The first-order valence-electron chi connectivity index (χ1n) is 9.32. The monoisotopic (exact) mass is 410 g/mol. The van der Waals surface area contributed by atoms with E-state index in [-0.39, 0.29) is 22.8 Å². The maximum atomic E-state index is 13.1. The highest BCUT2D eigenvalue weighted by Crippen LogP contribution is 2.39. The van der Waals surface area contributed by atoms with Gasteiger partial charge in [-0.3, -0.25) is 9.69 Å². The molecule has 5 rings (SSSR count). The van der Waals surface area contributed by atoms with Crippen molar-refractivity contribution in [2.24, 2.45) is 5.92 Å². The molecule has 1 aromatic carbocycles. The summed E-state index contributed by atoms with van der Waals surface area (Å²) in [6, 6.07) is 8.59. The number of thiophene rings is 1. The lowest BCUT2D eigenvalue weighted by molar-refractivity contribution is -0.138. The Kier molecular flexibility index (Phi) is 5.09. The van der Waals surface area contributed by atoms with E-state index in [1.54, 1.807) is 6.07 Å². The number of alkyl halides is 3. The highest BCUT2D eigenvalue weighted by Gasteiger charge is 2.40. The lowest BCUT2D eigenvalue weighted by Gasteiger charge is -2.49.